The van der Waals surface area contributed by atoms with Crippen molar-refractivity contribution in [3.05, 3.63) is 64.1 Å². The van der Waals surface area contributed by atoms with E-state index in [4.69, 9.17) is 0 Å². The summed E-state index contributed by atoms with van der Waals surface area (Å²) >= 11 is 0. The highest BCUT2D eigenvalue weighted by Crippen LogP contribution is 2.23. The minimum absolute atomic E-state index is 0.0918. The van der Waals surface area contributed by atoms with Crippen molar-refractivity contribution in [2.24, 2.45) is 14.1 Å². The molecule has 0 fully saturated rings. The third-order valence-electron chi connectivity index (χ3n) is 4.10. The lowest BCUT2D eigenvalue weighted by Crippen LogP contribution is -2.19. The predicted octanol–water partition coefficient (Wildman–Crippen LogP) is 3.33. The molecule has 1 atom stereocenters. The summed E-state index contributed by atoms with van der Waals surface area (Å²) in [5.74, 6) is -1.72. The van der Waals surface area contributed by atoms with Crippen LogP contribution in [0.5, 0.6) is 0 Å². The fourth-order valence-corrected chi connectivity index (χ4v) is 2.71. The zero-order valence-electron chi connectivity index (χ0n) is 13.1. The molecule has 3 aromatic rings. The van der Waals surface area contributed by atoms with Gasteiger partial charge in [-0.2, -0.15) is 0 Å². The van der Waals surface area contributed by atoms with Crippen molar-refractivity contribution < 1.29 is 8.78 Å². The van der Waals surface area contributed by atoms with Crippen molar-refractivity contribution in [1.29, 1.82) is 0 Å². The number of aromatic nitrogens is 2. The van der Waals surface area contributed by atoms with Crippen LogP contribution in [0.15, 0.2) is 41.2 Å². The number of nitrogens with one attached hydrogen (secondary N) is 1. The third-order valence-corrected chi connectivity index (χ3v) is 4.10. The van der Waals surface area contributed by atoms with Gasteiger partial charge in [0.05, 0.1) is 11.0 Å². The van der Waals surface area contributed by atoms with E-state index < -0.39 is 11.6 Å². The van der Waals surface area contributed by atoms with Crippen LogP contribution in [0.3, 0.4) is 0 Å². The summed E-state index contributed by atoms with van der Waals surface area (Å²) in [7, 11) is 3.44. The lowest BCUT2D eigenvalue weighted by molar-refractivity contribution is 0.506. The summed E-state index contributed by atoms with van der Waals surface area (Å²) in [6.45, 7) is 1.86. The topological polar surface area (TPSA) is 39.0 Å². The van der Waals surface area contributed by atoms with Crippen molar-refractivity contribution in [2.75, 3.05) is 5.32 Å². The van der Waals surface area contributed by atoms with Crippen molar-refractivity contribution >= 4 is 16.7 Å². The smallest absolute Gasteiger partial charge is 0.328 e. The first-order chi connectivity index (χ1) is 10.9. The van der Waals surface area contributed by atoms with Crippen LogP contribution < -0.4 is 11.0 Å². The monoisotopic (exact) mass is 317 g/mol. The van der Waals surface area contributed by atoms with E-state index in [1.807, 2.05) is 25.1 Å². The number of halogens is 2. The molecule has 1 N–H and O–H groups in total. The number of hydrogen-bond donors (Lipinski definition) is 1. The summed E-state index contributed by atoms with van der Waals surface area (Å²) in [5.41, 5.74) is 3.00. The van der Waals surface area contributed by atoms with Gasteiger partial charge < -0.3 is 5.32 Å². The fraction of sp³-hybridized carbons (Fsp3) is 0.235. The molecular weight excluding hydrogens is 300 g/mol. The molecule has 23 heavy (non-hydrogen) atoms. The van der Waals surface area contributed by atoms with Gasteiger partial charge >= 0.3 is 5.69 Å². The van der Waals surface area contributed by atoms with Crippen molar-refractivity contribution in [3.63, 3.8) is 0 Å². The van der Waals surface area contributed by atoms with E-state index in [-0.39, 0.29) is 11.7 Å². The summed E-state index contributed by atoms with van der Waals surface area (Å²) < 4.78 is 29.5. The number of anilines is 1. The molecule has 4 nitrogen and oxygen atoms in total. The molecule has 0 aliphatic carbocycles. The quantitative estimate of drug-likeness (QED) is 0.805. The average Bonchev–Trinajstić information content (AvgIpc) is 2.74. The van der Waals surface area contributed by atoms with Crippen LogP contribution >= 0.6 is 0 Å². The Morgan fingerprint density at radius 1 is 0.957 bits per heavy atom. The maximum atomic E-state index is 13.3. The first-order valence-electron chi connectivity index (χ1n) is 7.25. The average molecular weight is 317 g/mol. The van der Waals surface area contributed by atoms with Crippen LogP contribution in [0.4, 0.5) is 14.5 Å². The normalized spacial score (nSPS) is 12.6. The Labute approximate surface area is 132 Å². The number of imidazole rings is 1. The van der Waals surface area contributed by atoms with Gasteiger partial charge in [0, 0.05) is 25.8 Å². The zero-order valence-corrected chi connectivity index (χ0v) is 13.1. The second-order valence-corrected chi connectivity index (χ2v) is 5.64. The Hall–Kier alpha value is -2.63. The van der Waals surface area contributed by atoms with Gasteiger partial charge in [-0.25, -0.2) is 13.6 Å². The molecule has 2 aromatic carbocycles. The minimum Gasteiger partial charge on any atom is -0.378 e. The van der Waals surface area contributed by atoms with E-state index >= 15 is 0 Å². The summed E-state index contributed by atoms with van der Waals surface area (Å²) in [4.78, 5) is 11.9. The summed E-state index contributed by atoms with van der Waals surface area (Å²) in [6.07, 6.45) is 0. The number of aryl methyl sites for hydroxylation is 2. The number of benzene rings is 2. The SMILES string of the molecule is C[C@H](Nc1ccc2c(c1)n(C)c(=O)n2C)c1ccc(F)c(F)c1. The Bertz CT molecular complexity index is 943. The number of fused-ring (bicyclic) bond motifs is 1. The molecule has 0 radical (unpaired) electrons. The highest BCUT2D eigenvalue weighted by molar-refractivity contribution is 5.80. The molecule has 1 heterocycles. The van der Waals surface area contributed by atoms with E-state index in [9.17, 15) is 13.6 Å². The van der Waals surface area contributed by atoms with Crippen LogP contribution in [-0.2, 0) is 14.1 Å². The van der Waals surface area contributed by atoms with Crippen molar-refractivity contribution in [1.82, 2.24) is 9.13 Å². The van der Waals surface area contributed by atoms with Crippen LogP contribution in [-0.4, -0.2) is 9.13 Å². The molecule has 0 aliphatic rings. The van der Waals surface area contributed by atoms with E-state index in [1.165, 1.54) is 6.07 Å². The van der Waals surface area contributed by atoms with Crippen LogP contribution in [0.25, 0.3) is 11.0 Å². The largest absolute Gasteiger partial charge is 0.378 e. The standard InChI is InChI=1S/C17H17F2N3O/c1-10(11-4-6-13(18)14(19)8-11)20-12-5-7-15-16(9-12)22(3)17(23)21(15)2/h4-10,20H,1-3H3/t10-/m0/s1. The second-order valence-electron chi connectivity index (χ2n) is 5.64. The molecule has 0 saturated carbocycles. The molecule has 0 aliphatic heterocycles. The Morgan fingerprint density at radius 2 is 1.65 bits per heavy atom. The number of hydrogen-bond acceptors (Lipinski definition) is 2. The molecule has 0 amide bonds. The van der Waals surface area contributed by atoms with Gasteiger partial charge in [0.1, 0.15) is 0 Å². The summed E-state index contributed by atoms with van der Waals surface area (Å²) in [6, 6.07) is 9.23. The molecule has 120 valence electrons. The van der Waals surface area contributed by atoms with Gasteiger partial charge in [-0.3, -0.25) is 9.13 Å². The Balaban J connectivity index is 1.93. The second kappa shape index (κ2) is 5.53. The molecular formula is C17H17F2N3O. The number of nitrogens with zero attached hydrogens (tertiary/aromatic N) is 2. The fourth-order valence-electron chi connectivity index (χ4n) is 2.71. The highest BCUT2D eigenvalue weighted by Gasteiger charge is 2.12. The Kier molecular flexibility index (Phi) is 3.67. The van der Waals surface area contributed by atoms with E-state index in [2.05, 4.69) is 5.32 Å². The summed E-state index contributed by atoms with van der Waals surface area (Å²) in [5, 5.41) is 3.24. The Morgan fingerprint density at radius 3 is 2.35 bits per heavy atom. The third kappa shape index (κ3) is 2.60. The maximum absolute atomic E-state index is 13.3. The zero-order chi connectivity index (χ0) is 16.7. The van der Waals surface area contributed by atoms with Crippen LogP contribution in [0.1, 0.15) is 18.5 Å². The molecule has 0 saturated heterocycles. The van der Waals surface area contributed by atoms with Gasteiger partial charge in [0.2, 0.25) is 0 Å². The molecule has 0 spiro atoms. The molecule has 0 bridgehead atoms. The lowest BCUT2D eigenvalue weighted by Gasteiger charge is -2.16. The molecule has 3 rings (SSSR count). The van der Waals surface area contributed by atoms with E-state index in [0.717, 1.165) is 22.8 Å². The van der Waals surface area contributed by atoms with Gasteiger partial charge in [0.25, 0.3) is 0 Å². The molecule has 6 heteroatoms. The molecule has 0 unspecified atom stereocenters. The first-order valence-corrected chi connectivity index (χ1v) is 7.25. The lowest BCUT2D eigenvalue weighted by atomic mass is 10.1. The van der Waals surface area contributed by atoms with E-state index in [1.54, 1.807) is 29.3 Å². The first kappa shape index (κ1) is 15.3. The number of rotatable bonds is 3. The predicted molar refractivity (Wildman–Crippen MR) is 86.6 cm³/mol. The molecule has 1 aromatic heterocycles. The van der Waals surface area contributed by atoms with Crippen LogP contribution in [0.2, 0.25) is 0 Å². The van der Waals surface area contributed by atoms with Gasteiger partial charge in [-0.15, -0.1) is 0 Å². The van der Waals surface area contributed by atoms with Gasteiger partial charge in [0.15, 0.2) is 11.6 Å². The van der Waals surface area contributed by atoms with Crippen molar-refractivity contribution in [2.45, 2.75) is 13.0 Å². The highest BCUT2D eigenvalue weighted by atomic mass is 19.2. The van der Waals surface area contributed by atoms with Crippen molar-refractivity contribution in [3.8, 4) is 0 Å². The maximum Gasteiger partial charge on any atom is 0.328 e. The van der Waals surface area contributed by atoms with Gasteiger partial charge in [-0.1, -0.05) is 6.07 Å². The van der Waals surface area contributed by atoms with E-state index in [0.29, 0.717) is 5.56 Å². The minimum atomic E-state index is -0.864. The van der Waals surface area contributed by atoms with Crippen LogP contribution in [0, 0.1) is 11.6 Å². The van der Waals surface area contributed by atoms with Gasteiger partial charge in [-0.05, 0) is 42.8 Å².